The molecule has 1 aromatic rings. The fourth-order valence-corrected chi connectivity index (χ4v) is 2.82. The average Bonchev–Trinajstić information content (AvgIpc) is 2.56. The Hall–Kier alpha value is -1.09. The Balaban J connectivity index is 0.00000288. The second-order valence-electron chi connectivity index (χ2n) is 6.08. The third-order valence-corrected chi connectivity index (χ3v) is 4.57. The number of ether oxygens (including phenoxy) is 2. The van der Waals surface area contributed by atoms with Gasteiger partial charge in [-0.1, -0.05) is 12.5 Å². The van der Waals surface area contributed by atoms with Crippen molar-refractivity contribution < 1.29 is 9.47 Å². The van der Waals surface area contributed by atoms with E-state index in [9.17, 15) is 0 Å². The van der Waals surface area contributed by atoms with Crippen molar-refractivity contribution in [3.8, 4) is 5.88 Å². The van der Waals surface area contributed by atoms with Crippen LogP contribution in [0.3, 0.4) is 0 Å². The van der Waals surface area contributed by atoms with E-state index >= 15 is 0 Å². The molecule has 2 rings (SSSR count). The molecular formula is C17H29IN4O2. The molecule has 1 aliphatic carbocycles. The Kier molecular flexibility index (Phi) is 9.35. The van der Waals surface area contributed by atoms with Gasteiger partial charge >= 0.3 is 0 Å². The lowest BCUT2D eigenvalue weighted by molar-refractivity contribution is 0.0732. The van der Waals surface area contributed by atoms with Gasteiger partial charge in [0.2, 0.25) is 5.88 Å². The summed E-state index contributed by atoms with van der Waals surface area (Å²) in [5.74, 6) is 1.45. The summed E-state index contributed by atoms with van der Waals surface area (Å²) < 4.78 is 10.3. The maximum atomic E-state index is 5.24. The van der Waals surface area contributed by atoms with Crippen LogP contribution in [0.1, 0.15) is 31.2 Å². The fraction of sp³-hybridized carbons (Fsp3) is 0.647. The van der Waals surface area contributed by atoms with Crippen LogP contribution in [0, 0.1) is 5.41 Å². The van der Waals surface area contributed by atoms with Gasteiger partial charge in [0.1, 0.15) is 0 Å². The Morgan fingerprint density at radius 1 is 1.29 bits per heavy atom. The molecule has 0 spiro atoms. The van der Waals surface area contributed by atoms with Gasteiger partial charge < -0.3 is 20.1 Å². The molecule has 6 nitrogen and oxygen atoms in total. The van der Waals surface area contributed by atoms with Gasteiger partial charge in [0.15, 0.2) is 5.96 Å². The normalized spacial score (nSPS) is 15.9. The first-order valence-corrected chi connectivity index (χ1v) is 8.14. The van der Waals surface area contributed by atoms with Crippen LogP contribution in [0.15, 0.2) is 23.3 Å². The number of guanidine groups is 1. The fourth-order valence-electron chi connectivity index (χ4n) is 2.82. The van der Waals surface area contributed by atoms with E-state index in [2.05, 4.69) is 20.6 Å². The molecule has 1 fully saturated rings. The number of halogens is 1. The number of hydrogen-bond acceptors (Lipinski definition) is 4. The molecule has 1 aliphatic rings. The number of pyridine rings is 1. The first-order valence-electron chi connectivity index (χ1n) is 8.14. The van der Waals surface area contributed by atoms with E-state index < -0.39 is 0 Å². The van der Waals surface area contributed by atoms with Crippen LogP contribution < -0.4 is 15.4 Å². The third-order valence-electron chi connectivity index (χ3n) is 4.57. The third kappa shape index (κ3) is 6.08. The molecule has 1 saturated carbocycles. The highest BCUT2D eigenvalue weighted by molar-refractivity contribution is 14.0. The minimum absolute atomic E-state index is 0. The SMILES string of the molecule is CN=C(NCc1ccc(OC)nc1)NCC1(CCOC)CCC1.I. The van der Waals surface area contributed by atoms with Crippen LogP contribution >= 0.6 is 24.0 Å². The van der Waals surface area contributed by atoms with Gasteiger partial charge in [0.05, 0.1) is 7.11 Å². The molecule has 0 bridgehead atoms. The molecular weight excluding hydrogens is 419 g/mol. The van der Waals surface area contributed by atoms with E-state index in [-0.39, 0.29) is 24.0 Å². The van der Waals surface area contributed by atoms with Crippen molar-refractivity contribution in [3.05, 3.63) is 23.9 Å². The standard InChI is InChI=1S/C17H28N4O2.HI/c1-18-16(20-12-14-5-6-15(23-3)19-11-14)21-13-17(7-4-8-17)9-10-22-2;/h5-6,11H,4,7-10,12-13H2,1-3H3,(H2,18,20,21);1H. The van der Waals surface area contributed by atoms with Gasteiger partial charge in [-0.2, -0.15) is 0 Å². The highest BCUT2D eigenvalue weighted by atomic mass is 127. The molecule has 0 radical (unpaired) electrons. The Morgan fingerprint density at radius 3 is 2.58 bits per heavy atom. The van der Waals surface area contributed by atoms with Crippen LogP contribution in [0.4, 0.5) is 0 Å². The number of hydrogen-bond donors (Lipinski definition) is 2. The second-order valence-corrected chi connectivity index (χ2v) is 6.08. The van der Waals surface area contributed by atoms with E-state index in [0.717, 1.165) is 31.1 Å². The lowest BCUT2D eigenvalue weighted by Gasteiger charge is -2.42. The Bertz CT molecular complexity index is 504. The lowest BCUT2D eigenvalue weighted by atomic mass is 9.67. The number of nitrogens with zero attached hydrogens (tertiary/aromatic N) is 2. The Labute approximate surface area is 161 Å². The molecule has 1 aromatic heterocycles. The number of rotatable bonds is 8. The van der Waals surface area contributed by atoms with Crippen LogP contribution in [0.2, 0.25) is 0 Å². The van der Waals surface area contributed by atoms with Crippen molar-refractivity contribution in [2.24, 2.45) is 10.4 Å². The molecule has 1 heterocycles. The van der Waals surface area contributed by atoms with Crippen molar-refractivity contribution in [1.29, 1.82) is 0 Å². The van der Waals surface area contributed by atoms with Crippen LogP contribution in [0.25, 0.3) is 0 Å². The summed E-state index contributed by atoms with van der Waals surface area (Å²) in [5.41, 5.74) is 1.46. The summed E-state index contributed by atoms with van der Waals surface area (Å²) in [6.07, 6.45) is 6.77. The predicted octanol–water partition coefficient (Wildman–Crippen LogP) is 2.58. The summed E-state index contributed by atoms with van der Waals surface area (Å²) in [7, 11) is 5.18. The highest BCUT2D eigenvalue weighted by Gasteiger charge is 2.36. The maximum Gasteiger partial charge on any atom is 0.212 e. The number of aromatic nitrogens is 1. The minimum Gasteiger partial charge on any atom is -0.481 e. The lowest BCUT2D eigenvalue weighted by Crippen LogP contribution is -2.46. The molecule has 0 saturated heterocycles. The molecule has 0 atom stereocenters. The van der Waals surface area contributed by atoms with Gasteiger partial charge in [-0.3, -0.25) is 4.99 Å². The maximum absolute atomic E-state index is 5.24. The van der Waals surface area contributed by atoms with Crippen LogP contribution in [-0.2, 0) is 11.3 Å². The van der Waals surface area contributed by atoms with Crippen molar-refractivity contribution in [2.45, 2.75) is 32.2 Å². The largest absolute Gasteiger partial charge is 0.481 e. The smallest absolute Gasteiger partial charge is 0.212 e. The van der Waals surface area contributed by atoms with Gasteiger partial charge in [-0.25, -0.2) is 4.98 Å². The zero-order valence-corrected chi connectivity index (χ0v) is 17.1. The van der Waals surface area contributed by atoms with E-state index in [1.807, 2.05) is 18.3 Å². The molecule has 24 heavy (non-hydrogen) atoms. The highest BCUT2D eigenvalue weighted by Crippen LogP contribution is 2.43. The first-order chi connectivity index (χ1) is 11.2. The zero-order valence-electron chi connectivity index (χ0n) is 14.8. The van der Waals surface area contributed by atoms with Gasteiger partial charge in [0.25, 0.3) is 0 Å². The minimum atomic E-state index is 0. The van der Waals surface area contributed by atoms with E-state index in [1.54, 1.807) is 21.3 Å². The van der Waals surface area contributed by atoms with E-state index in [4.69, 9.17) is 9.47 Å². The molecule has 7 heteroatoms. The van der Waals surface area contributed by atoms with Gasteiger partial charge in [0, 0.05) is 46.1 Å². The molecule has 2 N–H and O–H groups in total. The second kappa shape index (κ2) is 10.7. The summed E-state index contributed by atoms with van der Waals surface area (Å²) in [6, 6.07) is 3.86. The van der Waals surface area contributed by atoms with Gasteiger partial charge in [-0.05, 0) is 30.2 Å². The monoisotopic (exact) mass is 448 g/mol. The average molecular weight is 448 g/mol. The first kappa shape index (κ1) is 21.0. The van der Waals surface area contributed by atoms with Crippen molar-refractivity contribution in [1.82, 2.24) is 15.6 Å². The number of nitrogens with one attached hydrogen (secondary N) is 2. The van der Waals surface area contributed by atoms with Gasteiger partial charge in [-0.15, -0.1) is 24.0 Å². The molecule has 136 valence electrons. The quantitative estimate of drug-likeness (QED) is 0.364. The van der Waals surface area contributed by atoms with Crippen molar-refractivity contribution >= 4 is 29.9 Å². The Morgan fingerprint density at radius 2 is 2.08 bits per heavy atom. The predicted molar refractivity (Wildman–Crippen MR) is 107 cm³/mol. The summed E-state index contributed by atoms with van der Waals surface area (Å²) in [4.78, 5) is 8.50. The molecule has 0 unspecified atom stereocenters. The number of aliphatic imine (C=N–C) groups is 1. The summed E-state index contributed by atoms with van der Waals surface area (Å²) in [5, 5.41) is 6.78. The number of methoxy groups -OCH3 is 2. The summed E-state index contributed by atoms with van der Waals surface area (Å²) in [6.45, 7) is 2.45. The molecule has 0 amide bonds. The van der Waals surface area contributed by atoms with Crippen LogP contribution in [-0.4, -0.2) is 45.4 Å². The summed E-state index contributed by atoms with van der Waals surface area (Å²) >= 11 is 0. The van der Waals surface area contributed by atoms with E-state index in [0.29, 0.717) is 17.8 Å². The van der Waals surface area contributed by atoms with Crippen molar-refractivity contribution in [2.75, 3.05) is 34.4 Å². The van der Waals surface area contributed by atoms with Crippen molar-refractivity contribution in [3.63, 3.8) is 0 Å². The zero-order chi connectivity index (χ0) is 16.5. The van der Waals surface area contributed by atoms with Crippen LogP contribution in [0.5, 0.6) is 5.88 Å². The molecule has 0 aromatic carbocycles. The van der Waals surface area contributed by atoms with E-state index in [1.165, 1.54) is 19.3 Å². The molecule has 0 aliphatic heterocycles. The topological polar surface area (TPSA) is 67.8 Å².